The van der Waals surface area contributed by atoms with E-state index in [1.807, 2.05) is 12.1 Å². The summed E-state index contributed by atoms with van der Waals surface area (Å²) in [6, 6.07) is 19.0. The van der Waals surface area contributed by atoms with E-state index in [0.29, 0.717) is 17.2 Å². The zero-order chi connectivity index (χ0) is 17.1. The lowest BCUT2D eigenvalue weighted by molar-refractivity contribution is 0.323. The highest BCUT2D eigenvalue weighted by Crippen LogP contribution is 2.41. The number of ether oxygens (including phenoxy) is 3. The molecule has 0 amide bonds. The molecule has 0 saturated heterocycles. The number of hydrogen-bond donors (Lipinski definition) is 0. The van der Waals surface area contributed by atoms with Crippen LogP contribution in [0.2, 0.25) is 0 Å². The Balaban J connectivity index is 2.06. The van der Waals surface area contributed by atoms with Crippen molar-refractivity contribution in [1.29, 1.82) is 0 Å². The molecule has 3 heteroatoms. The molecule has 124 valence electrons. The smallest absolute Gasteiger partial charge is 0.203 e. The second-order valence-corrected chi connectivity index (χ2v) is 5.79. The second kappa shape index (κ2) is 6.83. The predicted molar refractivity (Wildman–Crippen MR) is 97.6 cm³/mol. The van der Waals surface area contributed by atoms with Crippen LogP contribution in [0.15, 0.2) is 54.6 Å². The Morgan fingerprint density at radius 2 is 1.29 bits per heavy atom. The van der Waals surface area contributed by atoms with Gasteiger partial charge in [-0.3, -0.25) is 0 Å². The van der Waals surface area contributed by atoms with Gasteiger partial charge in [0, 0.05) is 5.92 Å². The van der Waals surface area contributed by atoms with E-state index in [0.717, 1.165) is 5.56 Å². The van der Waals surface area contributed by atoms with E-state index < -0.39 is 0 Å². The number of fused-ring (bicyclic) bond motifs is 1. The molecule has 0 aliphatic rings. The molecular weight excluding hydrogens is 300 g/mol. The van der Waals surface area contributed by atoms with Crippen LogP contribution in [0, 0.1) is 0 Å². The summed E-state index contributed by atoms with van der Waals surface area (Å²) in [4.78, 5) is 0. The molecule has 3 aromatic carbocycles. The summed E-state index contributed by atoms with van der Waals surface area (Å²) in [6.07, 6.45) is 0. The highest BCUT2D eigenvalue weighted by atomic mass is 16.5. The minimum atomic E-state index is 0.211. The Kier molecular flexibility index (Phi) is 4.61. The first-order valence-electron chi connectivity index (χ1n) is 7.96. The molecule has 0 unspecified atom stereocenters. The summed E-state index contributed by atoms with van der Waals surface area (Å²) >= 11 is 0. The van der Waals surface area contributed by atoms with Gasteiger partial charge < -0.3 is 14.2 Å². The van der Waals surface area contributed by atoms with Crippen molar-refractivity contribution in [2.75, 3.05) is 21.3 Å². The molecule has 0 radical (unpaired) electrons. The van der Waals surface area contributed by atoms with E-state index >= 15 is 0 Å². The molecule has 3 nitrogen and oxygen atoms in total. The van der Waals surface area contributed by atoms with Crippen LogP contribution in [0.4, 0.5) is 0 Å². The van der Waals surface area contributed by atoms with Crippen LogP contribution in [-0.2, 0) is 0 Å². The van der Waals surface area contributed by atoms with Crippen LogP contribution in [0.3, 0.4) is 0 Å². The number of rotatable bonds is 5. The Labute approximate surface area is 142 Å². The molecule has 3 aromatic rings. The van der Waals surface area contributed by atoms with Crippen molar-refractivity contribution >= 4 is 10.8 Å². The van der Waals surface area contributed by atoms with Gasteiger partial charge in [0.05, 0.1) is 21.3 Å². The Bertz CT molecular complexity index is 830. The Morgan fingerprint density at radius 3 is 1.88 bits per heavy atom. The summed E-state index contributed by atoms with van der Waals surface area (Å²) < 4.78 is 16.3. The average Bonchev–Trinajstić information content (AvgIpc) is 2.65. The van der Waals surface area contributed by atoms with Crippen LogP contribution in [-0.4, -0.2) is 21.3 Å². The van der Waals surface area contributed by atoms with Gasteiger partial charge in [0.25, 0.3) is 0 Å². The van der Waals surface area contributed by atoms with Gasteiger partial charge in [-0.15, -0.1) is 0 Å². The van der Waals surface area contributed by atoms with Crippen LogP contribution in [0.1, 0.15) is 24.0 Å². The van der Waals surface area contributed by atoms with Crippen molar-refractivity contribution in [2.24, 2.45) is 0 Å². The maximum atomic E-state index is 5.47. The lowest BCUT2D eigenvalue weighted by Crippen LogP contribution is -2.01. The first kappa shape index (κ1) is 16.2. The molecule has 0 bridgehead atoms. The highest BCUT2D eigenvalue weighted by molar-refractivity contribution is 5.83. The molecule has 0 heterocycles. The molecular formula is C21H22O3. The van der Waals surface area contributed by atoms with E-state index in [2.05, 4.69) is 49.4 Å². The number of methoxy groups -OCH3 is 3. The van der Waals surface area contributed by atoms with Gasteiger partial charge in [0.15, 0.2) is 11.5 Å². The summed E-state index contributed by atoms with van der Waals surface area (Å²) in [5.74, 6) is 2.19. The molecule has 1 atom stereocenters. The maximum Gasteiger partial charge on any atom is 0.203 e. The standard InChI is InChI=1S/C21H22O3/c1-14(16-10-9-15-7-5-6-8-17(15)11-16)18-12-19(22-2)21(24-4)20(13-18)23-3/h5-14H,1-4H3/t14-/m0/s1. The Hall–Kier alpha value is -2.68. The fourth-order valence-electron chi connectivity index (χ4n) is 3.02. The monoisotopic (exact) mass is 322 g/mol. The van der Waals surface area contributed by atoms with Gasteiger partial charge in [0.1, 0.15) is 0 Å². The lowest BCUT2D eigenvalue weighted by atomic mass is 9.91. The van der Waals surface area contributed by atoms with Crippen molar-refractivity contribution in [3.63, 3.8) is 0 Å². The van der Waals surface area contributed by atoms with Gasteiger partial charge in [-0.2, -0.15) is 0 Å². The number of hydrogen-bond acceptors (Lipinski definition) is 3. The maximum absolute atomic E-state index is 5.47. The highest BCUT2D eigenvalue weighted by Gasteiger charge is 2.17. The quantitative estimate of drug-likeness (QED) is 0.660. The van der Waals surface area contributed by atoms with Crippen LogP contribution >= 0.6 is 0 Å². The van der Waals surface area contributed by atoms with Crippen molar-refractivity contribution in [2.45, 2.75) is 12.8 Å². The summed E-state index contributed by atoms with van der Waals surface area (Å²) in [5.41, 5.74) is 2.38. The third-order valence-electron chi connectivity index (χ3n) is 4.46. The molecule has 0 spiro atoms. The van der Waals surface area contributed by atoms with Gasteiger partial charge in [0.2, 0.25) is 5.75 Å². The minimum absolute atomic E-state index is 0.211. The molecule has 3 rings (SSSR count). The Morgan fingerprint density at radius 1 is 0.667 bits per heavy atom. The fraction of sp³-hybridized carbons (Fsp3) is 0.238. The van der Waals surface area contributed by atoms with Crippen molar-refractivity contribution in [3.8, 4) is 17.2 Å². The van der Waals surface area contributed by atoms with Gasteiger partial charge >= 0.3 is 0 Å². The summed E-state index contributed by atoms with van der Waals surface area (Å²) in [5, 5.41) is 2.49. The van der Waals surface area contributed by atoms with E-state index in [1.54, 1.807) is 21.3 Å². The van der Waals surface area contributed by atoms with Crippen molar-refractivity contribution < 1.29 is 14.2 Å². The van der Waals surface area contributed by atoms with Crippen molar-refractivity contribution in [3.05, 3.63) is 65.7 Å². The normalized spacial score (nSPS) is 12.0. The lowest BCUT2D eigenvalue weighted by Gasteiger charge is -2.18. The number of benzene rings is 3. The van der Waals surface area contributed by atoms with Gasteiger partial charge in [-0.05, 0) is 34.0 Å². The van der Waals surface area contributed by atoms with Gasteiger partial charge in [-0.25, -0.2) is 0 Å². The third-order valence-corrected chi connectivity index (χ3v) is 4.46. The topological polar surface area (TPSA) is 27.7 Å². The predicted octanol–water partition coefficient (Wildman–Crippen LogP) is 5.02. The van der Waals surface area contributed by atoms with E-state index in [4.69, 9.17) is 14.2 Å². The minimum Gasteiger partial charge on any atom is -0.493 e. The summed E-state index contributed by atoms with van der Waals surface area (Å²) in [6.45, 7) is 2.19. The molecule has 0 N–H and O–H groups in total. The molecule has 0 saturated carbocycles. The molecule has 0 fully saturated rings. The average molecular weight is 322 g/mol. The summed E-state index contributed by atoms with van der Waals surface area (Å²) in [7, 11) is 4.90. The van der Waals surface area contributed by atoms with Crippen LogP contribution < -0.4 is 14.2 Å². The largest absolute Gasteiger partial charge is 0.493 e. The first-order chi connectivity index (χ1) is 11.7. The van der Waals surface area contributed by atoms with E-state index in [1.165, 1.54) is 16.3 Å². The van der Waals surface area contributed by atoms with Crippen molar-refractivity contribution in [1.82, 2.24) is 0 Å². The zero-order valence-electron chi connectivity index (χ0n) is 14.5. The van der Waals surface area contributed by atoms with Crippen LogP contribution in [0.25, 0.3) is 10.8 Å². The van der Waals surface area contributed by atoms with Crippen LogP contribution in [0.5, 0.6) is 17.2 Å². The van der Waals surface area contributed by atoms with E-state index in [-0.39, 0.29) is 5.92 Å². The fourth-order valence-corrected chi connectivity index (χ4v) is 3.02. The molecule has 0 aliphatic heterocycles. The second-order valence-electron chi connectivity index (χ2n) is 5.79. The first-order valence-corrected chi connectivity index (χ1v) is 7.96. The molecule has 24 heavy (non-hydrogen) atoms. The van der Waals surface area contributed by atoms with Gasteiger partial charge in [-0.1, -0.05) is 49.4 Å². The zero-order valence-corrected chi connectivity index (χ0v) is 14.5. The molecule has 0 aliphatic carbocycles. The third kappa shape index (κ3) is 2.90. The molecule has 0 aromatic heterocycles. The SMILES string of the molecule is COc1cc([C@@H](C)c2ccc3ccccc3c2)cc(OC)c1OC. The van der Waals surface area contributed by atoms with E-state index in [9.17, 15) is 0 Å².